The van der Waals surface area contributed by atoms with Crippen LogP contribution in [0.25, 0.3) is 0 Å². The SMILES string of the molecule is CCNC(=NCC1CCCN1Cc1ccccc1)NCCc1cccc(C(=O)NC)c1.I. The highest BCUT2D eigenvalue weighted by molar-refractivity contribution is 14.0. The van der Waals surface area contributed by atoms with Gasteiger partial charge < -0.3 is 16.0 Å². The lowest BCUT2D eigenvalue weighted by Gasteiger charge is -2.23. The molecule has 1 saturated heterocycles. The molecule has 1 aliphatic heterocycles. The van der Waals surface area contributed by atoms with Crippen molar-refractivity contribution in [2.45, 2.75) is 38.8 Å². The fraction of sp³-hybridized carbons (Fsp3) is 0.440. The zero-order chi connectivity index (χ0) is 21.9. The van der Waals surface area contributed by atoms with E-state index in [0.717, 1.165) is 50.7 Å². The van der Waals surface area contributed by atoms with Crippen LogP contribution in [0, 0.1) is 0 Å². The van der Waals surface area contributed by atoms with Gasteiger partial charge in [0.2, 0.25) is 0 Å². The third kappa shape index (κ3) is 8.09. The maximum atomic E-state index is 11.8. The first-order valence-corrected chi connectivity index (χ1v) is 11.3. The lowest BCUT2D eigenvalue weighted by Crippen LogP contribution is -2.40. The van der Waals surface area contributed by atoms with Crippen LogP contribution in [0.3, 0.4) is 0 Å². The molecule has 0 radical (unpaired) electrons. The summed E-state index contributed by atoms with van der Waals surface area (Å²) in [6.07, 6.45) is 3.26. The molecule has 7 heteroatoms. The molecular weight excluding hydrogens is 513 g/mol. The molecule has 2 aromatic rings. The summed E-state index contributed by atoms with van der Waals surface area (Å²) < 4.78 is 0. The van der Waals surface area contributed by atoms with E-state index in [9.17, 15) is 4.79 Å². The predicted octanol–water partition coefficient (Wildman–Crippen LogP) is 3.43. The maximum absolute atomic E-state index is 11.8. The van der Waals surface area contributed by atoms with E-state index in [0.29, 0.717) is 11.6 Å². The average molecular weight is 550 g/mol. The van der Waals surface area contributed by atoms with Crippen LogP contribution in [0.4, 0.5) is 0 Å². The highest BCUT2D eigenvalue weighted by atomic mass is 127. The molecule has 0 bridgehead atoms. The standard InChI is InChI=1S/C25H35N5O.HI/c1-3-27-25(28-15-14-20-11-7-12-22(17-20)24(31)26-2)29-18-23-13-8-16-30(23)19-21-9-5-4-6-10-21;/h4-7,9-12,17,23H,3,8,13-16,18-19H2,1-2H3,(H,26,31)(H2,27,28,29);1H. The number of benzene rings is 2. The molecule has 174 valence electrons. The Morgan fingerprint density at radius 1 is 1.09 bits per heavy atom. The molecule has 0 aromatic heterocycles. The number of rotatable bonds is 9. The smallest absolute Gasteiger partial charge is 0.251 e. The lowest BCUT2D eigenvalue weighted by atomic mass is 10.1. The van der Waals surface area contributed by atoms with E-state index in [-0.39, 0.29) is 29.9 Å². The molecule has 0 spiro atoms. The van der Waals surface area contributed by atoms with Crippen LogP contribution in [-0.2, 0) is 13.0 Å². The van der Waals surface area contributed by atoms with Gasteiger partial charge in [0.15, 0.2) is 5.96 Å². The third-order valence-electron chi connectivity index (χ3n) is 5.65. The number of guanidine groups is 1. The number of aliphatic imine (C=N–C) groups is 1. The molecule has 0 aliphatic carbocycles. The Morgan fingerprint density at radius 3 is 2.62 bits per heavy atom. The van der Waals surface area contributed by atoms with Crippen molar-refractivity contribution in [3.05, 3.63) is 71.3 Å². The van der Waals surface area contributed by atoms with E-state index in [1.165, 1.54) is 18.4 Å². The van der Waals surface area contributed by atoms with Crippen molar-refractivity contribution < 1.29 is 4.79 Å². The second-order valence-corrected chi connectivity index (χ2v) is 7.93. The van der Waals surface area contributed by atoms with Crippen LogP contribution in [0.2, 0.25) is 0 Å². The summed E-state index contributed by atoms with van der Waals surface area (Å²) in [6, 6.07) is 18.9. The number of nitrogens with zero attached hydrogens (tertiary/aromatic N) is 2. The van der Waals surface area contributed by atoms with Crippen LogP contribution in [0.1, 0.15) is 41.3 Å². The number of hydrogen-bond donors (Lipinski definition) is 3. The van der Waals surface area contributed by atoms with Gasteiger partial charge in [-0.3, -0.25) is 14.7 Å². The first-order chi connectivity index (χ1) is 15.2. The van der Waals surface area contributed by atoms with E-state index in [1.54, 1.807) is 7.05 Å². The van der Waals surface area contributed by atoms with Crippen molar-refractivity contribution in [3.63, 3.8) is 0 Å². The Labute approximate surface area is 209 Å². The molecule has 1 aliphatic rings. The van der Waals surface area contributed by atoms with E-state index < -0.39 is 0 Å². The number of likely N-dealkylation sites (tertiary alicyclic amines) is 1. The van der Waals surface area contributed by atoms with E-state index in [4.69, 9.17) is 4.99 Å². The number of hydrogen-bond acceptors (Lipinski definition) is 3. The average Bonchev–Trinajstić information content (AvgIpc) is 3.24. The summed E-state index contributed by atoms with van der Waals surface area (Å²) in [5.41, 5.74) is 3.19. The van der Waals surface area contributed by atoms with Gasteiger partial charge in [0.25, 0.3) is 5.91 Å². The number of carbonyl (C=O) groups excluding carboxylic acids is 1. The first-order valence-electron chi connectivity index (χ1n) is 11.3. The third-order valence-corrected chi connectivity index (χ3v) is 5.65. The van der Waals surface area contributed by atoms with Gasteiger partial charge in [0.1, 0.15) is 0 Å². The molecule has 0 saturated carbocycles. The van der Waals surface area contributed by atoms with Gasteiger partial charge in [-0.2, -0.15) is 0 Å². The Balaban J connectivity index is 0.00000363. The first kappa shape index (κ1) is 26.1. The zero-order valence-electron chi connectivity index (χ0n) is 19.1. The van der Waals surface area contributed by atoms with E-state index in [2.05, 4.69) is 64.2 Å². The van der Waals surface area contributed by atoms with Crippen molar-refractivity contribution >= 4 is 35.8 Å². The second kappa shape index (κ2) is 14.1. The van der Waals surface area contributed by atoms with Gasteiger partial charge in [-0.1, -0.05) is 42.5 Å². The molecule has 3 N–H and O–H groups in total. The van der Waals surface area contributed by atoms with Gasteiger partial charge in [0.05, 0.1) is 6.54 Å². The molecule has 6 nitrogen and oxygen atoms in total. The summed E-state index contributed by atoms with van der Waals surface area (Å²) in [6.45, 7) is 6.61. The van der Waals surface area contributed by atoms with Gasteiger partial charge in [-0.15, -0.1) is 24.0 Å². The van der Waals surface area contributed by atoms with Crippen LogP contribution >= 0.6 is 24.0 Å². The molecule has 1 fully saturated rings. The van der Waals surface area contributed by atoms with Crippen molar-refractivity contribution in [2.75, 3.05) is 33.2 Å². The highest BCUT2D eigenvalue weighted by Gasteiger charge is 2.24. The minimum absolute atomic E-state index is 0. The lowest BCUT2D eigenvalue weighted by molar-refractivity contribution is 0.0963. The van der Waals surface area contributed by atoms with Crippen molar-refractivity contribution in [3.8, 4) is 0 Å². The Bertz CT molecular complexity index is 858. The number of nitrogens with one attached hydrogen (secondary N) is 3. The monoisotopic (exact) mass is 549 g/mol. The Hall–Kier alpha value is -2.13. The van der Waals surface area contributed by atoms with Gasteiger partial charge in [-0.25, -0.2) is 0 Å². The number of halogens is 1. The topological polar surface area (TPSA) is 68.8 Å². The van der Waals surface area contributed by atoms with Crippen LogP contribution in [0.15, 0.2) is 59.6 Å². The van der Waals surface area contributed by atoms with Crippen LogP contribution in [-0.4, -0.2) is 56.0 Å². The summed E-state index contributed by atoms with van der Waals surface area (Å²) in [4.78, 5) is 19.2. The summed E-state index contributed by atoms with van der Waals surface area (Å²) in [5.74, 6) is 0.804. The number of carbonyl (C=O) groups is 1. The molecule has 2 aromatic carbocycles. The molecule has 32 heavy (non-hydrogen) atoms. The largest absolute Gasteiger partial charge is 0.357 e. The Morgan fingerprint density at radius 2 is 1.88 bits per heavy atom. The van der Waals surface area contributed by atoms with Gasteiger partial charge >= 0.3 is 0 Å². The van der Waals surface area contributed by atoms with Crippen molar-refractivity contribution in [2.24, 2.45) is 4.99 Å². The number of amides is 1. The molecule has 1 heterocycles. The molecular formula is C25H36IN5O. The molecule has 3 rings (SSSR count). The summed E-state index contributed by atoms with van der Waals surface area (Å²) in [5, 5.41) is 9.47. The maximum Gasteiger partial charge on any atom is 0.251 e. The van der Waals surface area contributed by atoms with E-state index >= 15 is 0 Å². The van der Waals surface area contributed by atoms with Crippen LogP contribution < -0.4 is 16.0 Å². The molecule has 1 amide bonds. The fourth-order valence-corrected chi connectivity index (χ4v) is 4.00. The summed E-state index contributed by atoms with van der Waals surface area (Å²) in [7, 11) is 1.65. The fourth-order valence-electron chi connectivity index (χ4n) is 4.00. The van der Waals surface area contributed by atoms with Gasteiger partial charge in [-0.05, 0) is 56.0 Å². The summed E-state index contributed by atoms with van der Waals surface area (Å²) >= 11 is 0. The van der Waals surface area contributed by atoms with Crippen LogP contribution in [0.5, 0.6) is 0 Å². The second-order valence-electron chi connectivity index (χ2n) is 7.93. The minimum Gasteiger partial charge on any atom is -0.357 e. The quantitative estimate of drug-likeness (QED) is 0.255. The normalized spacial score (nSPS) is 16.3. The predicted molar refractivity (Wildman–Crippen MR) is 143 cm³/mol. The van der Waals surface area contributed by atoms with Crippen molar-refractivity contribution in [1.29, 1.82) is 0 Å². The minimum atomic E-state index is -0.0543. The van der Waals surface area contributed by atoms with Gasteiger partial charge in [0, 0.05) is 38.3 Å². The zero-order valence-corrected chi connectivity index (χ0v) is 21.5. The Kier molecular flexibility index (Phi) is 11.5. The van der Waals surface area contributed by atoms with Crippen molar-refractivity contribution in [1.82, 2.24) is 20.9 Å². The molecule has 1 atom stereocenters. The highest BCUT2D eigenvalue weighted by Crippen LogP contribution is 2.20. The van der Waals surface area contributed by atoms with E-state index in [1.807, 2.05) is 18.2 Å². The molecule has 1 unspecified atom stereocenters.